The zero-order valence-electron chi connectivity index (χ0n) is 11.1. The van der Waals surface area contributed by atoms with Gasteiger partial charge >= 0.3 is 5.97 Å². The normalized spacial score (nSPS) is 13.7. The molecule has 0 saturated carbocycles. The second-order valence-electron chi connectivity index (χ2n) is 3.93. The van der Waals surface area contributed by atoms with Gasteiger partial charge in [-0.2, -0.15) is 22.5 Å². The first-order valence-corrected chi connectivity index (χ1v) is 7.24. The van der Waals surface area contributed by atoms with E-state index in [1.807, 2.05) is 0 Å². The Labute approximate surface area is 112 Å². The SMILES string of the molecule is CCN(CC)S(=O)(=O)NC(C(=O)O)c1cnn(C)c1. The third-order valence-corrected chi connectivity index (χ3v) is 4.35. The van der Waals surface area contributed by atoms with Gasteiger partial charge in [0.25, 0.3) is 10.2 Å². The van der Waals surface area contributed by atoms with E-state index in [4.69, 9.17) is 5.11 Å². The molecule has 0 amide bonds. The van der Waals surface area contributed by atoms with Crippen LogP contribution in [-0.4, -0.2) is 46.7 Å². The van der Waals surface area contributed by atoms with E-state index in [1.165, 1.54) is 17.1 Å². The Balaban J connectivity index is 3.01. The molecule has 0 spiro atoms. The van der Waals surface area contributed by atoms with Crippen LogP contribution in [0, 0.1) is 0 Å². The van der Waals surface area contributed by atoms with Gasteiger partial charge in [-0.05, 0) is 0 Å². The van der Waals surface area contributed by atoms with Gasteiger partial charge in [-0.15, -0.1) is 0 Å². The summed E-state index contributed by atoms with van der Waals surface area (Å²) in [6.07, 6.45) is 2.78. The number of rotatable bonds is 7. The number of carboxylic acid groups (broad SMARTS) is 1. The summed E-state index contributed by atoms with van der Waals surface area (Å²) >= 11 is 0. The Morgan fingerprint density at radius 3 is 2.47 bits per heavy atom. The maximum atomic E-state index is 12.0. The zero-order chi connectivity index (χ0) is 14.6. The molecular formula is C10H18N4O4S. The van der Waals surface area contributed by atoms with Crippen molar-refractivity contribution in [1.82, 2.24) is 18.8 Å². The Morgan fingerprint density at radius 1 is 1.53 bits per heavy atom. The van der Waals surface area contributed by atoms with Crippen molar-refractivity contribution in [2.45, 2.75) is 19.9 Å². The maximum absolute atomic E-state index is 12.0. The highest BCUT2D eigenvalue weighted by molar-refractivity contribution is 7.87. The molecule has 19 heavy (non-hydrogen) atoms. The van der Waals surface area contributed by atoms with Crippen molar-refractivity contribution >= 4 is 16.2 Å². The number of hydrogen-bond acceptors (Lipinski definition) is 4. The van der Waals surface area contributed by atoms with Crippen molar-refractivity contribution in [2.75, 3.05) is 13.1 Å². The number of carboxylic acids is 1. The van der Waals surface area contributed by atoms with Gasteiger partial charge in [0.1, 0.15) is 6.04 Å². The number of nitrogens with zero attached hydrogens (tertiary/aromatic N) is 3. The highest BCUT2D eigenvalue weighted by Crippen LogP contribution is 2.14. The van der Waals surface area contributed by atoms with E-state index >= 15 is 0 Å². The predicted molar refractivity (Wildman–Crippen MR) is 68.6 cm³/mol. The summed E-state index contributed by atoms with van der Waals surface area (Å²) in [6, 6.07) is -1.35. The average Bonchev–Trinajstić information content (AvgIpc) is 2.73. The van der Waals surface area contributed by atoms with E-state index in [0.717, 1.165) is 4.31 Å². The smallest absolute Gasteiger partial charge is 0.326 e. The van der Waals surface area contributed by atoms with Gasteiger partial charge in [-0.1, -0.05) is 13.8 Å². The summed E-state index contributed by atoms with van der Waals surface area (Å²) in [4.78, 5) is 11.2. The molecule has 1 rings (SSSR count). The highest BCUT2D eigenvalue weighted by Gasteiger charge is 2.29. The third-order valence-electron chi connectivity index (χ3n) is 2.62. The largest absolute Gasteiger partial charge is 0.480 e. The monoisotopic (exact) mass is 290 g/mol. The van der Waals surface area contributed by atoms with Crippen LogP contribution in [0.25, 0.3) is 0 Å². The fourth-order valence-electron chi connectivity index (χ4n) is 1.64. The number of aromatic nitrogens is 2. The van der Waals surface area contributed by atoms with Crippen LogP contribution < -0.4 is 4.72 Å². The molecule has 1 aromatic rings. The standard InChI is InChI=1S/C10H18N4O4S/c1-4-14(5-2)19(17,18)12-9(10(15)16)8-6-11-13(3)7-8/h6-7,9,12H,4-5H2,1-3H3,(H,15,16). The molecule has 0 aliphatic heterocycles. The first-order chi connectivity index (χ1) is 8.81. The molecule has 8 nitrogen and oxygen atoms in total. The lowest BCUT2D eigenvalue weighted by Crippen LogP contribution is -2.44. The van der Waals surface area contributed by atoms with Crippen LogP contribution in [-0.2, 0) is 22.1 Å². The third kappa shape index (κ3) is 3.75. The molecule has 0 aromatic carbocycles. The van der Waals surface area contributed by atoms with Gasteiger partial charge in [0, 0.05) is 31.9 Å². The lowest BCUT2D eigenvalue weighted by Gasteiger charge is -2.21. The average molecular weight is 290 g/mol. The topological polar surface area (TPSA) is 105 Å². The first-order valence-electron chi connectivity index (χ1n) is 5.80. The van der Waals surface area contributed by atoms with Crippen LogP contribution in [0.5, 0.6) is 0 Å². The second kappa shape index (κ2) is 6.13. The van der Waals surface area contributed by atoms with Crippen molar-refractivity contribution in [3.8, 4) is 0 Å². The summed E-state index contributed by atoms with van der Waals surface area (Å²) in [5, 5.41) is 13.0. The lowest BCUT2D eigenvalue weighted by atomic mass is 10.2. The van der Waals surface area contributed by atoms with E-state index in [2.05, 4.69) is 9.82 Å². The van der Waals surface area contributed by atoms with Crippen LogP contribution in [0.3, 0.4) is 0 Å². The minimum Gasteiger partial charge on any atom is -0.480 e. The van der Waals surface area contributed by atoms with E-state index in [0.29, 0.717) is 0 Å². The predicted octanol–water partition coefficient (Wildman–Crippen LogP) is -0.278. The van der Waals surface area contributed by atoms with Crippen LogP contribution >= 0.6 is 0 Å². The molecule has 1 atom stereocenters. The van der Waals surface area contributed by atoms with Crippen molar-refractivity contribution < 1.29 is 18.3 Å². The number of nitrogens with one attached hydrogen (secondary N) is 1. The van der Waals surface area contributed by atoms with Crippen LogP contribution in [0.15, 0.2) is 12.4 Å². The molecule has 0 radical (unpaired) electrons. The quantitative estimate of drug-likeness (QED) is 0.719. The van der Waals surface area contributed by atoms with Gasteiger partial charge < -0.3 is 5.11 Å². The van der Waals surface area contributed by atoms with Crippen LogP contribution in [0.1, 0.15) is 25.5 Å². The number of hydrogen-bond donors (Lipinski definition) is 2. The van der Waals surface area contributed by atoms with E-state index in [9.17, 15) is 13.2 Å². The molecule has 0 aliphatic rings. The van der Waals surface area contributed by atoms with Gasteiger partial charge in [0.15, 0.2) is 0 Å². The maximum Gasteiger partial charge on any atom is 0.326 e. The molecule has 2 N–H and O–H groups in total. The van der Waals surface area contributed by atoms with Crippen molar-refractivity contribution in [3.05, 3.63) is 18.0 Å². The molecule has 0 bridgehead atoms. The minimum atomic E-state index is -3.84. The summed E-state index contributed by atoms with van der Waals surface area (Å²) in [7, 11) is -2.21. The van der Waals surface area contributed by atoms with E-state index < -0.39 is 22.2 Å². The number of carbonyl (C=O) groups is 1. The van der Waals surface area contributed by atoms with E-state index in [-0.39, 0.29) is 18.7 Å². The Hall–Kier alpha value is -1.45. The molecule has 1 aromatic heterocycles. The van der Waals surface area contributed by atoms with Crippen molar-refractivity contribution in [2.24, 2.45) is 7.05 Å². The molecule has 0 fully saturated rings. The van der Waals surface area contributed by atoms with Crippen LogP contribution in [0.4, 0.5) is 0 Å². The van der Waals surface area contributed by atoms with Gasteiger partial charge in [-0.25, -0.2) is 0 Å². The van der Waals surface area contributed by atoms with Gasteiger partial charge in [-0.3, -0.25) is 9.48 Å². The van der Waals surface area contributed by atoms with Crippen molar-refractivity contribution in [3.63, 3.8) is 0 Å². The Morgan fingerprint density at radius 2 is 2.11 bits per heavy atom. The molecule has 0 aliphatic carbocycles. The van der Waals surface area contributed by atoms with Crippen molar-refractivity contribution in [1.29, 1.82) is 0 Å². The second-order valence-corrected chi connectivity index (χ2v) is 5.63. The van der Waals surface area contributed by atoms with E-state index in [1.54, 1.807) is 20.9 Å². The Bertz CT molecular complexity index is 535. The summed E-state index contributed by atoms with van der Waals surface area (Å²) in [6.45, 7) is 3.90. The fraction of sp³-hybridized carbons (Fsp3) is 0.600. The number of aryl methyl sites for hydroxylation is 1. The summed E-state index contributed by atoms with van der Waals surface area (Å²) in [5.41, 5.74) is 0.283. The molecule has 1 unspecified atom stereocenters. The highest BCUT2D eigenvalue weighted by atomic mass is 32.2. The zero-order valence-corrected chi connectivity index (χ0v) is 11.9. The minimum absolute atomic E-state index is 0.269. The van der Waals surface area contributed by atoms with Gasteiger partial charge in [0.05, 0.1) is 6.20 Å². The molecule has 108 valence electrons. The molecule has 0 saturated heterocycles. The Kier molecular flexibility index (Phi) is 5.04. The molecular weight excluding hydrogens is 272 g/mol. The molecule has 1 heterocycles. The molecule has 9 heteroatoms. The summed E-state index contributed by atoms with van der Waals surface area (Å²) in [5.74, 6) is -1.27. The number of aliphatic carboxylic acids is 1. The fourth-order valence-corrected chi connectivity index (χ4v) is 3.00. The van der Waals surface area contributed by atoms with Gasteiger partial charge in [0.2, 0.25) is 0 Å². The lowest BCUT2D eigenvalue weighted by molar-refractivity contribution is -0.139. The first kappa shape index (κ1) is 15.6. The van der Waals surface area contributed by atoms with Crippen LogP contribution in [0.2, 0.25) is 0 Å². The summed E-state index contributed by atoms with van der Waals surface area (Å²) < 4.78 is 28.8.